The van der Waals surface area contributed by atoms with Gasteiger partial charge in [0, 0.05) is 12.2 Å². The lowest BCUT2D eigenvalue weighted by Crippen LogP contribution is -2.42. The van der Waals surface area contributed by atoms with Crippen LogP contribution in [0.3, 0.4) is 0 Å². The lowest BCUT2D eigenvalue weighted by molar-refractivity contribution is -0.148. The Morgan fingerprint density at radius 3 is 2.43 bits per heavy atom. The summed E-state index contributed by atoms with van der Waals surface area (Å²) in [5, 5.41) is 14.8. The quantitative estimate of drug-likeness (QED) is 0.797. The molecule has 0 radical (unpaired) electrons. The minimum Gasteiger partial charge on any atom is -0.481 e. The molecule has 1 aliphatic carbocycles. The van der Waals surface area contributed by atoms with E-state index in [9.17, 15) is 14.7 Å². The van der Waals surface area contributed by atoms with Gasteiger partial charge in [-0.2, -0.15) is 0 Å². The molecule has 0 saturated heterocycles. The number of carboxylic acid groups (broad SMARTS) is 1. The molecule has 0 atom stereocenters. The molecular weight excluding hydrogens is 268 g/mol. The Hall–Kier alpha value is -2.04. The molecule has 1 aliphatic rings. The van der Waals surface area contributed by atoms with Crippen LogP contribution in [-0.4, -0.2) is 23.7 Å². The number of urea groups is 1. The van der Waals surface area contributed by atoms with E-state index in [1.54, 1.807) is 0 Å². The maximum absolute atomic E-state index is 11.9. The van der Waals surface area contributed by atoms with Gasteiger partial charge < -0.3 is 15.7 Å². The van der Waals surface area contributed by atoms with Crippen molar-refractivity contribution >= 4 is 17.7 Å². The molecule has 0 heterocycles. The van der Waals surface area contributed by atoms with Gasteiger partial charge in [0.05, 0.1) is 5.41 Å². The van der Waals surface area contributed by atoms with Crippen molar-refractivity contribution in [1.29, 1.82) is 0 Å². The van der Waals surface area contributed by atoms with Crippen LogP contribution in [0.5, 0.6) is 0 Å². The van der Waals surface area contributed by atoms with Crippen LogP contribution in [0.25, 0.3) is 0 Å². The predicted octanol–water partition coefficient (Wildman–Crippen LogP) is 3.07. The van der Waals surface area contributed by atoms with Crippen LogP contribution in [0.1, 0.15) is 36.8 Å². The number of rotatable bonds is 4. The number of hydrogen-bond donors (Lipinski definition) is 3. The van der Waals surface area contributed by atoms with E-state index < -0.39 is 11.4 Å². The molecule has 2 amide bonds. The average Bonchev–Trinajstić information content (AvgIpc) is 2.91. The summed E-state index contributed by atoms with van der Waals surface area (Å²) in [5.41, 5.74) is 2.19. The third-order valence-electron chi connectivity index (χ3n) is 4.37. The first kappa shape index (κ1) is 15.4. The van der Waals surface area contributed by atoms with Gasteiger partial charge in [-0.25, -0.2) is 4.79 Å². The fourth-order valence-electron chi connectivity index (χ4n) is 2.76. The second kappa shape index (κ2) is 6.16. The molecule has 0 unspecified atom stereocenters. The molecule has 1 aromatic rings. The highest BCUT2D eigenvalue weighted by molar-refractivity contribution is 5.90. The highest BCUT2D eigenvalue weighted by atomic mass is 16.4. The molecule has 1 fully saturated rings. The molecule has 5 heteroatoms. The van der Waals surface area contributed by atoms with Crippen molar-refractivity contribution in [2.24, 2.45) is 5.41 Å². The van der Waals surface area contributed by atoms with Crippen LogP contribution >= 0.6 is 0 Å². The third-order valence-corrected chi connectivity index (χ3v) is 4.37. The number of anilines is 1. The van der Waals surface area contributed by atoms with Crippen LogP contribution in [0.2, 0.25) is 0 Å². The molecule has 114 valence electrons. The molecule has 5 nitrogen and oxygen atoms in total. The summed E-state index contributed by atoms with van der Waals surface area (Å²) < 4.78 is 0. The number of hydrogen-bond acceptors (Lipinski definition) is 2. The first-order valence-electron chi connectivity index (χ1n) is 7.28. The molecule has 0 aliphatic heterocycles. The number of carbonyl (C=O) groups excluding carboxylic acids is 1. The second-order valence-electron chi connectivity index (χ2n) is 5.90. The minimum atomic E-state index is -0.813. The minimum absolute atomic E-state index is 0.180. The Labute approximate surface area is 124 Å². The zero-order valence-electron chi connectivity index (χ0n) is 12.5. The number of aliphatic carboxylic acids is 1. The summed E-state index contributed by atoms with van der Waals surface area (Å²) in [7, 11) is 0. The summed E-state index contributed by atoms with van der Waals surface area (Å²) >= 11 is 0. The molecule has 0 spiro atoms. The lowest BCUT2D eigenvalue weighted by atomic mass is 9.86. The second-order valence-corrected chi connectivity index (χ2v) is 5.90. The van der Waals surface area contributed by atoms with Crippen molar-refractivity contribution in [1.82, 2.24) is 5.32 Å². The zero-order chi connectivity index (χ0) is 15.5. The topological polar surface area (TPSA) is 78.4 Å². The molecule has 21 heavy (non-hydrogen) atoms. The normalized spacial score (nSPS) is 16.5. The van der Waals surface area contributed by atoms with E-state index in [4.69, 9.17) is 0 Å². The van der Waals surface area contributed by atoms with Crippen molar-refractivity contribution < 1.29 is 14.7 Å². The fourth-order valence-corrected chi connectivity index (χ4v) is 2.76. The Bertz CT molecular complexity index is 548. The van der Waals surface area contributed by atoms with Crippen molar-refractivity contribution in [2.45, 2.75) is 39.5 Å². The van der Waals surface area contributed by atoms with Gasteiger partial charge in [-0.1, -0.05) is 18.9 Å². The molecule has 3 N–H and O–H groups in total. The molecule has 0 bridgehead atoms. The van der Waals surface area contributed by atoms with Crippen molar-refractivity contribution in [2.75, 3.05) is 11.9 Å². The number of nitrogens with one attached hydrogen (secondary N) is 2. The Morgan fingerprint density at radius 1 is 1.19 bits per heavy atom. The molecule has 1 saturated carbocycles. The fraction of sp³-hybridized carbons (Fsp3) is 0.500. The maximum atomic E-state index is 11.9. The monoisotopic (exact) mass is 290 g/mol. The van der Waals surface area contributed by atoms with Gasteiger partial charge in [-0.3, -0.25) is 4.79 Å². The van der Waals surface area contributed by atoms with Gasteiger partial charge in [-0.15, -0.1) is 0 Å². The highest BCUT2D eigenvalue weighted by Gasteiger charge is 2.41. The number of carbonyl (C=O) groups is 2. The van der Waals surface area contributed by atoms with Crippen LogP contribution in [-0.2, 0) is 4.79 Å². The van der Waals surface area contributed by atoms with Gasteiger partial charge in [-0.05, 0) is 49.9 Å². The van der Waals surface area contributed by atoms with Gasteiger partial charge in [0.2, 0.25) is 0 Å². The highest BCUT2D eigenvalue weighted by Crippen LogP contribution is 2.37. The SMILES string of the molecule is Cc1ccc(NC(=O)NCC2(C(=O)O)CCCC2)cc1C. The van der Waals surface area contributed by atoms with Gasteiger partial charge in [0.25, 0.3) is 0 Å². The lowest BCUT2D eigenvalue weighted by Gasteiger charge is -2.24. The average molecular weight is 290 g/mol. The van der Waals surface area contributed by atoms with E-state index >= 15 is 0 Å². The summed E-state index contributed by atoms with van der Waals surface area (Å²) in [5.74, 6) is -0.813. The molecular formula is C16H22N2O3. The summed E-state index contributed by atoms with van der Waals surface area (Å²) in [6.45, 7) is 4.17. The van der Waals surface area contributed by atoms with Crippen molar-refractivity contribution in [3.05, 3.63) is 29.3 Å². The number of amides is 2. The van der Waals surface area contributed by atoms with E-state index in [0.717, 1.165) is 24.0 Å². The largest absolute Gasteiger partial charge is 0.481 e. The van der Waals surface area contributed by atoms with Crippen molar-refractivity contribution in [3.8, 4) is 0 Å². The van der Waals surface area contributed by atoms with E-state index in [0.29, 0.717) is 18.5 Å². The first-order chi connectivity index (χ1) is 9.93. The van der Waals surface area contributed by atoms with Crippen LogP contribution in [0.4, 0.5) is 10.5 Å². The summed E-state index contributed by atoms with van der Waals surface area (Å²) in [6.07, 6.45) is 3.08. The Morgan fingerprint density at radius 2 is 1.86 bits per heavy atom. The summed E-state index contributed by atoms with van der Waals surface area (Å²) in [6, 6.07) is 5.33. The van der Waals surface area contributed by atoms with Gasteiger partial charge in [0.15, 0.2) is 0 Å². The smallest absolute Gasteiger partial charge is 0.319 e. The molecule has 0 aromatic heterocycles. The predicted molar refractivity (Wildman–Crippen MR) is 81.5 cm³/mol. The van der Waals surface area contributed by atoms with Crippen LogP contribution < -0.4 is 10.6 Å². The number of carboxylic acids is 1. The molecule has 1 aromatic carbocycles. The van der Waals surface area contributed by atoms with Crippen LogP contribution in [0, 0.1) is 19.3 Å². The number of benzene rings is 1. The summed E-state index contributed by atoms with van der Waals surface area (Å²) in [4.78, 5) is 23.3. The van der Waals surface area contributed by atoms with E-state index in [1.165, 1.54) is 0 Å². The van der Waals surface area contributed by atoms with Gasteiger partial charge >= 0.3 is 12.0 Å². The zero-order valence-corrected chi connectivity index (χ0v) is 12.5. The third kappa shape index (κ3) is 3.54. The maximum Gasteiger partial charge on any atom is 0.319 e. The van der Waals surface area contributed by atoms with E-state index in [1.807, 2.05) is 32.0 Å². The Kier molecular flexibility index (Phi) is 4.50. The first-order valence-corrected chi connectivity index (χ1v) is 7.28. The molecule has 2 rings (SSSR count). The van der Waals surface area contributed by atoms with E-state index in [-0.39, 0.29) is 12.6 Å². The Balaban J connectivity index is 1.92. The van der Waals surface area contributed by atoms with E-state index in [2.05, 4.69) is 10.6 Å². The van der Waals surface area contributed by atoms with Gasteiger partial charge in [0.1, 0.15) is 0 Å². The van der Waals surface area contributed by atoms with Crippen LogP contribution in [0.15, 0.2) is 18.2 Å². The van der Waals surface area contributed by atoms with Crippen molar-refractivity contribution in [3.63, 3.8) is 0 Å². The number of aryl methyl sites for hydroxylation is 2. The standard InChI is InChI=1S/C16H22N2O3/c1-11-5-6-13(9-12(11)2)18-15(21)17-10-16(14(19)20)7-3-4-8-16/h5-6,9H,3-4,7-8,10H2,1-2H3,(H,19,20)(H2,17,18,21).